The van der Waals surface area contributed by atoms with Crippen molar-refractivity contribution < 1.29 is 4.79 Å². The van der Waals surface area contributed by atoms with Gasteiger partial charge in [0.05, 0.1) is 10.7 Å². The molecular formula is C16H24Cl2N2O. The average molecular weight is 331 g/mol. The van der Waals surface area contributed by atoms with Gasteiger partial charge in [0, 0.05) is 11.4 Å². The minimum Gasteiger partial charge on any atom is -0.330 e. The Morgan fingerprint density at radius 3 is 2.48 bits per heavy atom. The Hall–Kier alpha value is -0.770. The second-order valence-corrected chi connectivity index (χ2v) is 6.56. The molecule has 21 heavy (non-hydrogen) atoms. The fraction of sp³-hybridized carbons (Fsp3) is 0.562. The summed E-state index contributed by atoms with van der Waals surface area (Å²) in [7, 11) is 0. The van der Waals surface area contributed by atoms with Crippen LogP contribution in [0.5, 0.6) is 0 Å². The summed E-state index contributed by atoms with van der Waals surface area (Å²) in [4.78, 5) is 12.0. The van der Waals surface area contributed by atoms with E-state index < -0.39 is 0 Å². The van der Waals surface area contributed by atoms with E-state index in [0.29, 0.717) is 40.5 Å². The lowest BCUT2D eigenvalue weighted by atomic mass is 9.88. The van der Waals surface area contributed by atoms with Crippen molar-refractivity contribution in [3.8, 4) is 0 Å². The minimum atomic E-state index is -0.0421. The summed E-state index contributed by atoms with van der Waals surface area (Å²) in [6, 6.07) is 3.45. The van der Waals surface area contributed by atoms with Gasteiger partial charge in [-0.3, -0.25) is 4.79 Å². The molecule has 0 aromatic heterocycles. The maximum absolute atomic E-state index is 12.0. The number of benzene rings is 1. The van der Waals surface area contributed by atoms with E-state index in [9.17, 15) is 4.79 Å². The highest BCUT2D eigenvalue weighted by Gasteiger charge is 2.15. The molecule has 0 saturated heterocycles. The molecule has 0 aliphatic heterocycles. The van der Waals surface area contributed by atoms with Crippen molar-refractivity contribution in [2.24, 2.45) is 17.6 Å². The molecule has 1 aromatic carbocycles. The maximum atomic E-state index is 12.0. The highest BCUT2D eigenvalue weighted by molar-refractivity contribution is 6.36. The number of amides is 1. The van der Waals surface area contributed by atoms with Crippen LogP contribution in [-0.2, 0) is 4.79 Å². The zero-order valence-electron chi connectivity index (χ0n) is 12.9. The molecule has 1 rings (SSSR count). The van der Waals surface area contributed by atoms with Crippen molar-refractivity contribution in [3.63, 3.8) is 0 Å². The SMILES string of the molecule is Cc1cc(Cl)c(NC(=O)CCC(CCN)C(C)C)cc1Cl. The first-order valence-corrected chi connectivity index (χ1v) is 8.06. The highest BCUT2D eigenvalue weighted by Crippen LogP contribution is 2.29. The molecule has 1 atom stereocenters. The summed E-state index contributed by atoms with van der Waals surface area (Å²) < 4.78 is 0. The summed E-state index contributed by atoms with van der Waals surface area (Å²) in [5.41, 5.74) is 7.07. The van der Waals surface area contributed by atoms with E-state index in [2.05, 4.69) is 19.2 Å². The van der Waals surface area contributed by atoms with Gasteiger partial charge >= 0.3 is 0 Å². The molecule has 3 N–H and O–H groups in total. The second kappa shape index (κ2) is 8.62. The minimum absolute atomic E-state index is 0.0421. The highest BCUT2D eigenvalue weighted by atomic mass is 35.5. The summed E-state index contributed by atoms with van der Waals surface area (Å²) >= 11 is 12.2. The molecule has 0 fully saturated rings. The fourth-order valence-corrected chi connectivity index (χ4v) is 2.73. The van der Waals surface area contributed by atoms with E-state index in [0.717, 1.165) is 18.4 Å². The molecule has 0 aliphatic rings. The van der Waals surface area contributed by atoms with Gasteiger partial charge in [-0.05, 0) is 55.8 Å². The molecule has 5 heteroatoms. The van der Waals surface area contributed by atoms with Crippen molar-refractivity contribution >= 4 is 34.8 Å². The predicted molar refractivity (Wildman–Crippen MR) is 91.1 cm³/mol. The number of carbonyl (C=O) groups is 1. The monoisotopic (exact) mass is 330 g/mol. The van der Waals surface area contributed by atoms with Gasteiger partial charge in [-0.2, -0.15) is 0 Å². The molecule has 1 amide bonds. The Kier molecular flexibility index (Phi) is 7.50. The number of hydrogen-bond acceptors (Lipinski definition) is 2. The van der Waals surface area contributed by atoms with E-state index in [4.69, 9.17) is 28.9 Å². The third-order valence-electron chi connectivity index (χ3n) is 3.74. The van der Waals surface area contributed by atoms with Crippen molar-refractivity contribution in [3.05, 3.63) is 27.7 Å². The molecule has 0 bridgehead atoms. The van der Waals surface area contributed by atoms with Crippen LogP contribution < -0.4 is 11.1 Å². The lowest BCUT2D eigenvalue weighted by molar-refractivity contribution is -0.116. The van der Waals surface area contributed by atoms with Crippen LogP contribution in [0.1, 0.15) is 38.7 Å². The van der Waals surface area contributed by atoms with Gasteiger partial charge < -0.3 is 11.1 Å². The van der Waals surface area contributed by atoms with Gasteiger partial charge in [0.25, 0.3) is 0 Å². The van der Waals surface area contributed by atoms with Crippen molar-refractivity contribution in [2.45, 2.75) is 40.0 Å². The number of nitrogens with one attached hydrogen (secondary N) is 1. The van der Waals surface area contributed by atoms with E-state index in [1.165, 1.54) is 0 Å². The molecule has 0 spiro atoms. The van der Waals surface area contributed by atoms with E-state index in [-0.39, 0.29) is 5.91 Å². The Morgan fingerprint density at radius 1 is 1.24 bits per heavy atom. The lowest BCUT2D eigenvalue weighted by Gasteiger charge is -2.19. The Morgan fingerprint density at radius 2 is 1.90 bits per heavy atom. The zero-order valence-corrected chi connectivity index (χ0v) is 14.4. The van der Waals surface area contributed by atoms with Crippen LogP contribution in [0.4, 0.5) is 5.69 Å². The van der Waals surface area contributed by atoms with Gasteiger partial charge in [-0.25, -0.2) is 0 Å². The van der Waals surface area contributed by atoms with Crippen LogP contribution in [0.2, 0.25) is 10.0 Å². The van der Waals surface area contributed by atoms with Crippen molar-refractivity contribution in [1.82, 2.24) is 0 Å². The fourth-order valence-electron chi connectivity index (χ4n) is 2.30. The summed E-state index contributed by atoms with van der Waals surface area (Å²) in [6.45, 7) is 6.85. The lowest BCUT2D eigenvalue weighted by Crippen LogP contribution is -2.18. The van der Waals surface area contributed by atoms with Crippen LogP contribution in [0.25, 0.3) is 0 Å². The van der Waals surface area contributed by atoms with Gasteiger partial charge in [-0.15, -0.1) is 0 Å². The number of anilines is 1. The molecule has 1 unspecified atom stereocenters. The van der Waals surface area contributed by atoms with E-state index >= 15 is 0 Å². The third kappa shape index (κ3) is 5.85. The Labute approximate surface area is 137 Å². The third-order valence-corrected chi connectivity index (χ3v) is 4.46. The van der Waals surface area contributed by atoms with E-state index in [1.54, 1.807) is 12.1 Å². The molecular weight excluding hydrogens is 307 g/mol. The largest absolute Gasteiger partial charge is 0.330 e. The molecule has 3 nitrogen and oxygen atoms in total. The number of rotatable bonds is 7. The zero-order chi connectivity index (χ0) is 16.0. The van der Waals surface area contributed by atoms with Crippen LogP contribution >= 0.6 is 23.2 Å². The average Bonchev–Trinajstić information content (AvgIpc) is 2.40. The molecule has 0 heterocycles. The summed E-state index contributed by atoms with van der Waals surface area (Å²) in [5.74, 6) is 0.955. The predicted octanol–water partition coefficient (Wildman–Crippen LogP) is 4.64. The topological polar surface area (TPSA) is 55.1 Å². The van der Waals surface area contributed by atoms with Crippen LogP contribution in [0.15, 0.2) is 12.1 Å². The van der Waals surface area contributed by atoms with Crippen LogP contribution in [0, 0.1) is 18.8 Å². The number of hydrogen-bond donors (Lipinski definition) is 2. The van der Waals surface area contributed by atoms with Crippen molar-refractivity contribution in [2.75, 3.05) is 11.9 Å². The van der Waals surface area contributed by atoms with Gasteiger partial charge in [0.15, 0.2) is 0 Å². The second-order valence-electron chi connectivity index (χ2n) is 5.75. The molecule has 0 radical (unpaired) electrons. The summed E-state index contributed by atoms with van der Waals surface area (Å²) in [6.07, 6.45) is 2.24. The standard InChI is InChI=1S/C16H24Cl2N2O/c1-10(2)12(6-7-19)4-5-16(21)20-15-9-13(17)11(3)8-14(15)18/h8-10,12H,4-7,19H2,1-3H3,(H,20,21). The normalized spacial score (nSPS) is 12.5. The Balaban J connectivity index is 2.60. The smallest absolute Gasteiger partial charge is 0.224 e. The molecule has 0 aliphatic carbocycles. The maximum Gasteiger partial charge on any atom is 0.224 e. The number of nitrogens with two attached hydrogens (primary N) is 1. The van der Waals surface area contributed by atoms with Crippen LogP contribution in [0.3, 0.4) is 0 Å². The first-order valence-electron chi connectivity index (χ1n) is 7.30. The quantitative estimate of drug-likeness (QED) is 0.764. The molecule has 1 aromatic rings. The van der Waals surface area contributed by atoms with Crippen LogP contribution in [-0.4, -0.2) is 12.5 Å². The molecule has 118 valence electrons. The molecule has 0 saturated carbocycles. The summed E-state index contributed by atoms with van der Waals surface area (Å²) in [5, 5.41) is 3.93. The number of carbonyl (C=O) groups excluding carboxylic acids is 1. The van der Waals surface area contributed by atoms with Gasteiger partial charge in [0.2, 0.25) is 5.91 Å². The number of halogens is 2. The first kappa shape index (κ1) is 18.3. The number of aryl methyl sites for hydroxylation is 1. The van der Waals surface area contributed by atoms with Gasteiger partial charge in [-0.1, -0.05) is 37.0 Å². The van der Waals surface area contributed by atoms with Gasteiger partial charge in [0.1, 0.15) is 0 Å². The Bertz CT molecular complexity index is 489. The van der Waals surface area contributed by atoms with Crippen molar-refractivity contribution in [1.29, 1.82) is 0 Å². The van der Waals surface area contributed by atoms with E-state index in [1.807, 2.05) is 6.92 Å². The first-order chi connectivity index (χ1) is 9.85.